The number of nitrogens with two attached hydrogens (primary N) is 1. The van der Waals surface area contributed by atoms with Crippen molar-refractivity contribution in [1.82, 2.24) is 4.90 Å². The van der Waals surface area contributed by atoms with Crippen molar-refractivity contribution >= 4 is 24.0 Å². The van der Waals surface area contributed by atoms with E-state index in [1.54, 1.807) is 35.7 Å². The standard InChI is InChI=1S/C20H25N6O3/c1-20(2,3)29-19(27)25-10-4-6-15(25)9-8-14-13-26(21)17(12-22-14)23-18(24-26)16-7-5-11-28-16/h5,7-9,11-13,15H,4,6,10,21H2,1-3H3/q+1/b9-8-. The molecule has 0 spiro atoms. The van der Waals surface area contributed by atoms with Gasteiger partial charge in [-0.1, -0.05) is 6.08 Å². The third-order valence-electron chi connectivity index (χ3n) is 4.66. The van der Waals surface area contributed by atoms with E-state index in [1.165, 1.54) is 0 Å². The highest BCUT2D eigenvalue weighted by molar-refractivity contribution is 6.31. The van der Waals surface area contributed by atoms with Crippen LogP contribution in [0.4, 0.5) is 4.79 Å². The number of ether oxygens (including phenoxy) is 1. The summed E-state index contributed by atoms with van der Waals surface area (Å²) >= 11 is 0. The van der Waals surface area contributed by atoms with Gasteiger partial charge in [-0.05, 0) is 61.6 Å². The maximum atomic E-state index is 12.4. The first-order chi connectivity index (χ1) is 13.7. The van der Waals surface area contributed by atoms with Gasteiger partial charge < -0.3 is 14.1 Å². The lowest BCUT2D eigenvalue weighted by Gasteiger charge is -2.27. The SMILES string of the molecule is CC(C)(C)OC(=O)N1CCCC1/C=C\C1=C[N+]2(N)N=C(c3ccco3)N=C2C=N1. The first-order valence-electron chi connectivity index (χ1n) is 9.59. The van der Waals surface area contributed by atoms with Crippen LogP contribution in [0.15, 0.2) is 61.9 Å². The zero-order chi connectivity index (χ0) is 20.6. The predicted octanol–water partition coefficient (Wildman–Crippen LogP) is 2.93. The molecule has 9 heteroatoms. The van der Waals surface area contributed by atoms with E-state index in [2.05, 4.69) is 15.1 Å². The van der Waals surface area contributed by atoms with Gasteiger partial charge in [0.2, 0.25) is 0 Å². The lowest BCUT2D eigenvalue weighted by Crippen LogP contribution is -2.50. The van der Waals surface area contributed by atoms with Crippen molar-refractivity contribution in [2.45, 2.75) is 45.3 Å². The van der Waals surface area contributed by atoms with E-state index in [-0.39, 0.29) is 16.8 Å². The molecule has 1 aromatic heterocycles. The largest absolute Gasteiger partial charge is 0.461 e. The number of fused-ring (bicyclic) bond motifs is 1. The molecule has 0 aromatic carbocycles. The van der Waals surface area contributed by atoms with Gasteiger partial charge in [-0.25, -0.2) is 9.79 Å². The van der Waals surface area contributed by atoms with Gasteiger partial charge in [0.1, 0.15) is 17.5 Å². The number of hydrogen-bond donors (Lipinski definition) is 1. The summed E-state index contributed by atoms with van der Waals surface area (Å²) in [6.45, 7) is 6.27. The molecule has 2 atom stereocenters. The normalized spacial score (nSPS) is 26.4. The van der Waals surface area contributed by atoms with Crippen LogP contribution in [0, 0.1) is 0 Å². The van der Waals surface area contributed by atoms with Crippen LogP contribution in [0.5, 0.6) is 0 Å². The molecule has 1 fully saturated rings. The van der Waals surface area contributed by atoms with Gasteiger partial charge in [0.25, 0.3) is 11.7 Å². The Labute approximate surface area is 169 Å². The summed E-state index contributed by atoms with van der Waals surface area (Å²) in [6.07, 6.45) is 10.2. The molecule has 0 aliphatic carbocycles. The minimum Gasteiger partial charge on any atom is -0.461 e. The zero-order valence-corrected chi connectivity index (χ0v) is 16.8. The maximum Gasteiger partial charge on any atom is 0.410 e. The Balaban J connectivity index is 1.49. The molecule has 0 radical (unpaired) electrons. The van der Waals surface area contributed by atoms with Crippen molar-refractivity contribution in [3.63, 3.8) is 0 Å². The molecule has 4 rings (SSSR count). The van der Waals surface area contributed by atoms with E-state index in [0.29, 0.717) is 29.7 Å². The van der Waals surface area contributed by atoms with Gasteiger partial charge in [-0.15, -0.1) is 5.84 Å². The van der Waals surface area contributed by atoms with Gasteiger partial charge >= 0.3 is 6.09 Å². The number of carbonyl (C=O) groups is 1. The Bertz CT molecular complexity index is 951. The van der Waals surface area contributed by atoms with Crippen molar-refractivity contribution < 1.29 is 18.6 Å². The molecule has 0 bridgehead atoms. The van der Waals surface area contributed by atoms with E-state index in [4.69, 9.17) is 15.0 Å². The van der Waals surface area contributed by atoms with Gasteiger partial charge in [0.15, 0.2) is 12.0 Å². The number of hydrogen-bond acceptors (Lipinski definition) is 7. The van der Waals surface area contributed by atoms with E-state index in [9.17, 15) is 4.79 Å². The van der Waals surface area contributed by atoms with Crippen LogP contribution in [-0.4, -0.2) is 51.8 Å². The molecule has 1 saturated heterocycles. The summed E-state index contributed by atoms with van der Waals surface area (Å²) < 4.78 is 10.5. The maximum absolute atomic E-state index is 12.4. The van der Waals surface area contributed by atoms with Crippen molar-refractivity contribution in [2.75, 3.05) is 6.54 Å². The average Bonchev–Trinajstić information content (AvgIpc) is 3.36. The number of amidine groups is 2. The second-order valence-electron chi connectivity index (χ2n) is 8.16. The lowest BCUT2D eigenvalue weighted by molar-refractivity contribution is -0.803. The van der Waals surface area contributed by atoms with Gasteiger partial charge in [0.05, 0.1) is 12.3 Å². The summed E-state index contributed by atoms with van der Waals surface area (Å²) in [5, 5.41) is 4.45. The summed E-state index contributed by atoms with van der Waals surface area (Å²) in [7, 11) is 0. The van der Waals surface area contributed by atoms with Crippen molar-refractivity contribution in [2.24, 2.45) is 20.9 Å². The van der Waals surface area contributed by atoms with Crippen LogP contribution < -0.4 is 5.84 Å². The van der Waals surface area contributed by atoms with E-state index in [1.807, 2.05) is 32.9 Å². The quantitative estimate of drug-likeness (QED) is 0.625. The Kier molecular flexibility index (Phi) is 4.71. The second kappa shape index (κ2) is 7.09. The first kappa shape index (κ1) is 19.3. The number of aliphatic imine (C=N–C) groups is 2. The Hall–Kier alpha value is -3.04. The van der Waals surface area contributed by atoms with Crippen molar-refractivity contribution in [1.29, 1.82) is 0 Å². The number of quaternary nitrogens is 1. The molecule has 2 unspecified atom stereocenters. The number of rotatable bonds is 3. The molecule has 1 aromatic rings. The van der Waals surface area contributed by atoms with E-state index in [0.717, 1.165) is 12.8 Å². The summed E-state index contributed by atoms with van der Waals surface area (Å²) in [4.78, 5) is 23.0. The van der Waals surface area contributed by atoms with Gasteiger partial charge in [0, 0.05) is 6.54 Å². The smallest absolute Gasteiger partial charge is 0.410 e. The third kappa shape index (κ3) is 4.06. The molecule has 0 saturated carbocycles. The van der Waals surface area contributed by atoms with Crippen LogP contribution in [0.25, 0.3) is 0 Å². The van der Waals surface area contributed by atoms with Crippen LogP contribution in [0.3, 0.4) is 0 Å². The number of nitrogens with zero attached hydrogens (tertiary/aromatic N) is 5. The molecule has 9 nitrogen and oxygen atoms in total. The highest BCUT2D eigenvalue weighted by Gasteiger charge is 2.39. The minimum atomic E-state index is -0.518. The number of carbonyl (C=O) groups excluding carboxylic acids is 1. The topological polar surface area (TPSA) is 106 Å². The predicted molar refractivity (Wildman–Crippen MR) is 109 cm³/mol. The Morgan fingerprint density at radius 2 is 2.28 bits per heavy atom. The lowest BCUT2D eigenvalue weighted by atomic mass is 10.2. The fourth-order valence-corrected chi connectivity index (χ4v) is 3.35. The summed E-state index contributed by atoms with van der Waals surface area (Å²) in [5.74, 6) is 7.85. The molecule has 1 amide bonds. The summed E-state index contributed by atoms with van der Waals surface area (Å²) in [6, 6.07) is 3.51. The number of likely N-dealkylation sites (tertiary alicyclic amines) is 1. The molecule has 152 valence electrons. The molecule has 3 aliphatic rings. The molecule has 4 heterocycles. The first-order valence-corrected chi connectivity index (χ1v) is 9.59. The fourth-order valence-electron chi connectivity index (χ4n) is 3.35. The Morgan fingerprint density at radius 1 is 1.45 bits per heavy atom. The number of allylic oxidation sites excluding steroid dienone is 1. The average molecular weight is 397 g/mol. The molecule has 2 N–H and O–H groups in total. The fraction of sp³-hybridized carbons (Fsp3) is 0.400. The van der Waals surface area contributed by atoms with Crippen LogP contribution in [0.1, 0.15) is 39.4 Å². The minimum absolute atomic E-state index is 0.0389. The van der Waals surface area contributed by atoms with E-state index < -0.39 is 5.60 Å². The number of amides is 1. The number of furan rings is 1. The van der Waals surface area contributed by atoms with Gasteiger partial charge in [-0.2, -0.15) is 4.99 Å². The van der Waals surface area contributed by atoms with Crippen LogP contribution >= 0.6 is 0 Å². The Morgan fingerprint density at radius 3 is 3.00 bits per heavy atom. The third-order valence-corrected chi connectivity index (χ3v) is 4.66. The van der Waals surface area contributed by atoms with Crippen molar-refractivity contribution in [3.8, 4) is 0 Å². The second-order valence-corrected chi connectivity index (χ2v) is 8.16. The monoisotopic (exact) mass is 397 g/mol. The van der Waals surface area contributed by atoms with Crippen LogP contribution in [0.2, 0.25) is 0 Å². The highest BCUT2D eigenvalue weighted by atomic mass is 16.6. The molecule has 3 aliphatic heterocycles. The highest BCUT2D eigenvalue weighted by Crippen LogP contribution is 2.24. The molecular formula is C20H25N6O3+. The van der Waals surface area contributed by atoms with Crippen molar-refractivity contribution in [3.05, 3.63) is 48.2 Å². The zero-order valence-electron chi connectivity index (χ0n) is 16.8. The summed E-state index contributed by atoms with van der Waals surface area (Å²) in [5.41, 5.74) is 0.127. The molecule has 29 heavy (non-hydrogen) atoms. The van der Waals surface area contributed by atoms with Crippen LogP contribution in [-0.2, 0) is 4.74 Å². The molecular weight excluding hydrogens is 372 g/mol. The van der Waals surface area contributed by atoms with Gasteiger partial charge in [-0.3, -0.25) is 0 Å². The van der Waals surface area contributed by atoms with E-state index >= 15 is 0 Å².